The Morgan fingerprint density at radius 1 is 1.39 bits per heavy atom. The smallest absolute Gasteiger partial charge is 0.232 e. The molecule has 0 spiro atoms. The molecule has 1 atom stereocenters. The predicted octanol–water partition coefficient (Wildman–Crippen LogP) is 1.76. The molecular weight excluding hydrogens is 246 g/mol. The molecule has 1 amide bonds. The SMILES string of the molecule is O=C(CSCc1ccccc1)N1CCC(CO)C1. The van der Waals surface area contributed by atoms with Crippen LogP contribution in [0.15, 0.2) is 30.3 Å². The van der Waals surface area contributed by atoms with E-state index < -0.39 is 0 Å². The van der Waals surface area contributed by atoms with Gasteiger partial charge in [0.2, 0.25) is 5.91 Å². The van der Waals surface area contributed by atoms with Gasteiger partial charge in [-0.3, -0.25) is 4.79 Å². The maximum absolute atomic E-state index is 11.9. The summed E-state index contributed by atoms with van der Waals surface area (Å²) in [5.74, 6) is 1.90. The van der Waals surface area contributed by atoms with Crippen molar-refractivity contribution >= 4 is 17.7 Å². The van der Waals surface area contributed by atoms with Crippen molar-refractivity contribution in [3.05, 3.63) is 35.9 Å². The first-order chi connectivity index (χ1) is 8.79. The van der Waals surface area contributed by atoms with Crippen LogP contribution in [0.4, 0.5) is 0 Å². The van der Waals surface area contributed by atoms with E-state index in [4.69, 9.17) is 5.11 Å². The highest BCUT2D eigenvalue weighted by Crippen LogP contribution is 2.18. The lowest BCUT2D eigenvalue weighted by Gasteiger charge is -2.15. The first kappa shape index (κ1) is 13.4. The minimum Gasteiger partial charge on any atom is -0.396 e. The van der Waals surface area contributed by atoms with Gasteiger partial charge in [0.05, 0.1) is 5.75 Å². The van der Waals surface area contributed by atoms with E-state index in [1.165, 1.54) is 5.56 Å². The van der Waals surface area contributed by atoms with Gasteiger partial charge in [0.15, 0.2) is 0 Å². The summed E-state index contributed by atoms with van der Waals surface area (Å²) in [5, 5.41) is 9.05. The molecule has 1 aromatic carbocycles. The first-order valence-electron chi connectivity index (χ1n) is 6.30. The van der Waals surface area contributed by atoms with Crippen molar-refractivity contribution in [3.63, 3.8) is 0 Å². The molecule has 0 radical (unpaired) electrons. The van der Waals surface area contributed by atoms with Crippen LogP contribution in [0, 0.1) is 5.92 Å². The van der Waals surface area contributed by atoms with E-state index in [0.29, 0.717) is 5.75 Å². The number of thioether (sulfide) groups is 1. The van der Waals surface area contributed by atoms with Crippen LogP contribution in [0.3, 0.4) is 0 Å². The number of aliphatic hydroxyl groups is 1. The van der Waals surface area contributed by atoms with Gasteiger partial charge in [-0.2, -0.15) is 0 Å². The van der Waals surface area contributed by atoms with Crippen LogP contribution < -0.4 is 0 Å². The number of carbonyl (C=O) groups excluding carboxylic acids is 1. The summed E-state index contributed by atoms with van der Waals surface area (Å²) < 4.78 is 0. The fourth-order valence-corrected chi connectivity index (χ4v) is 3.02. The van der Waals surface area contributed by atoms with Gasteiger partial charge in [-0.15, -0.1) is 11.8 Å². The minimum atomic E-state index is 0.195. The second-order valence-electron chi connectivity index (χ2n) is 4.66. The van der Waals surface area contributed by atoms with E-state index in [1.54, 1.807) is 11.8 Å². The lowest BCUT2D eigenvalue weighted by molar-refractivity contribution is -0.127. The molecule has 1 N–H and O–H groups in total. The van der Waals surface area contributed by atoms with E-state index >= 15 is 0 Å². The van der Waals surface area contributed by atoms with Gasteiger partial charge in [-0.25, -0.2) is 0 Å². The largest absolute Gasteiger partial charge is 0.396 e. The third-order valence-corrected chi connectivity index (χ3v) is 4.22. The summed E-state index contributed by atoms with van der Waals surface area (Å²) in [4.78, 5) is 13.8. The topological polar surface area (TPSA) is 40.5 Å². The van der Waals surface area contributed by atoms with E-state index in [2.05, 4.69) is 12.1 Å². The monoisotopic (exact) mass is 265 g/mol. The second kappa shape index (κ2) is 6.81. The number of benzene rings is 1. The Kier molecular flexibility index (Phi) is 5.08. The molecule has 0 aliphatic carbocycles. The standard InChI is InChI=1S/C14H19NO2S/c16-9-13-6-7-15(8-13)14(17)11-18-10-12-4-2-1-3-5-12/h1-5,13,16H,6-11H2. The Balaban J connectivity index is 1.69. The average molecular weight is 265 g/mol. The van der Waals surface area contributed by atoms with Crippen molar-refractivity contribution in [2.75, 3.05) is 25.4 Å². The zero-order chi connectivity index (χ0) is 12.8. The zero-order valence-corrected chi connectivity index (χ0v) is 11.2. The van der Waals surface area contributed by atoms with E-state index in [-0.39, 0.29) is 18.4 Å². The van der Waals surface area contributed by atoms with Crippen molar-refractivity contribution in [1.82, 2.24) is 4.90 Å². The maximum atomic E-state index is 11.9. The summed E-state index contributed by atoms with van der Waals surface area (Å²) in [6, 6.07) is 10.2. The van der Waals surface area contributed by atoms with Gasteiger partial charge in [-0.05, 0) is 12.0 Å². The molecule has 0 aromatic heterocycles. The molecule has 0 bridgehead atoms. The number of aliphatic hydroxyl groups excluding tert-OH is 1. The van der Waals surface area contributed by atoms with Gasteiger partial charge in [0, 0.05) is 31.4 Å². The number of amides is 1. The molecule has 1 heterocycles. The zero-order valence-electron chi connectivity index (χ0n) is 10.4. The van der Waals surface area contributed by atoms with Crippen LogP contribution in [-0.2, 0) is 10.5 Å². The Hall–Kier alpha value is -1.00. The van der Waals surface area contributed by atoms with Gasteiger partial charge < -0.3 is 10.0 Å². The van der Waals surface area contributed by atoms with Crippen molar-refractivity contribution in [2.24, 2.45) is 5.92 Å². The number of hydrogen-bond acceptors (Lipinski definition) is 3. The number of hydrogen-bond donors (Lipinski definition) is 1. The molecule has 2 rings (SSSR count). The Morgan fingerprint density at radius 3 is 2.83 bits per heavy atom. The van der Waals surface area contributed by atoms with Gasteiger partial charge in [0.1, 0.15) is 0 Å². The highest BCUT2D eigenvalue weighted by atomic mass is 32.2. The Labute approximate surface area is 112 Å². The number of likely N-dealkylation sites (tertiary alicyclic amines) is 1. The normalized spacial score (nSPS) is 19.2. The number of nitrogens with zero attached hydrogens (tertiary/aromatic N) is 1. The minimum absolute atomic E-state index is 0.195. The lowest BCUT2D eigenvalue weighted by Crippen LogP contribution is -2.30. The van der Waals surface area contributed by atoms with Crippen LogP contribution in [-0.4, -0.2) is 41.4 Å². The highest BCUT2D eigenvalue weighted by Gasteiger charge is 2.25. The molecule has 1 unspecified atom stereocenters. The quantitative estimate of drug-likeness (QED) is 0.882. The molecular formula is C14H19NO2S. The summed E-state index contributed by atoms with van der Waals surface area (Å²) in [7, 11) is 0. The summed E-state index contributed by atoms with van der Waals surface area (Å²) in [5.41, 5.74) is 1.25. The van der Waals surface area contributed by atoms with E-state index in [1.807, 2.05) is 23.1 Å². The molecule has 1 aliphatic rings. The lowest BCUT2D eigenvalue weighted by atomic mass is 10.1. The Morgan fingerprint density at radius 2 is 2.17 bits per heavy atom. The van der Waals surface area contributed by atoms with Gasteiger partial charge in [0.25, 0.3) is 0 Å². The molecule has 1 saturated heterocycles. The third-order valence-electron chi connectivity index (χ3n) is 3.23. The van der Waals surface area contributed by atoms with Gasteiger partial charge >= 0.3 is 0 Å². The molecule has 4 heteroatoms. The number of rotatable bonds is 5. The van der Waals surface area contributed by atoms with Crippen LogP contribution in [0.1, 0.15) is 12.0 Å². The van der Waals surface area contributed by atoms with E-state index in [9.17, 15) is 4.79 Å². The highest BCUT2D eigenvalue weighted by molar-refractivity contribution is 7.99. The molecule has 3 nitrogen and oxygen atoms in total. The Bertz CT molecular complexity index is 383. The fourth-order valence-electron chi connectivity index (χ4n) is 2.13. The average Bonchev–Trinajstić information content (AvgIpc) is 2.89. The molecule has 1 aromatic rings. The summed E-state index contributed by atoms with van der Waals surface area (Å²) in [6.45, 7) is 1.72. The molecule has 1 aliphatic heterocycles. The third kappa shape index (κ3) is 3.75. The molecule has 98 valence electrons. The molecule has 0 saturated carbocycles. The second-order valence-corrected chi connectivity index (χ2v) is 5.64. The summed E-state index contributed by atoms with van der Waals surface area (Å²) >= 11 is 1.66. The first-order valence-corrected chi connectivity index (χ1v) is 7.45. The van der Waals surface area contributed by atoms with E-state index in [0.717, 1.165) is 25.3 Å². The predicted molar refractivity (Wildman–Crippen MR) is 74.4 cm³/mol. The van der Waals surface area contributed by atoms with Crippen LogP contribution in [0.2, 0.25) is 0 Å². The maximum Gasteiger partial charge on any atom is 0.232 e. The van der Waals surface area contributed by atoms with Crippen molar-refractivity contribution in [1.29, 1.82) is 0 Å². The van der Waals surface area contributed by atoms with Crippen molar-refractivity contribution < 1.29 is 9.90 Å². The summed E-state index contributed by atoms with van der Waals surface area (Å²) in [6.07, 6.45) is 0.936. The van der Waals surface area contributed by atoms with Crippen molar-refractivity contribution in [2.45, 2.75) is 12.2 Å². The fraction of sp³-hybridized carbons (Fsp3) is 0.500. The molecule has 18 heavy (non-hydrogen) atoms. The van der Waals surface area contributed by atoms with Crippen molar-refractivity contribution in [3.8, 4) is 0 Å². The van der Waals surface area contributed by atoms with Gasteiger partial charge in [-0.1, -0.05) is 30.3 Å². The number of carbonyl (C=O) groups is 1. The molecule has 1 fully saturated rings. The van der Waals surface area contributed by atoms with Crippen LogP contribution >= 0.6 is 11.8 Å². The van der Waals surface area contributed by atoms with Crippen LogP contribution in [0.5, 0.6) is 0 Å². The van der Waals surface area contributed by atoms with Crippen LogP contribution in [0.25, 0.3) is 0 Å².